The zero-order valence-corrected chi connectivity index (χ0v) is 18.1. The fourth-order valence-corrected chi connectivity index (χ4v) is 3.80. The van der Waals surface area contributed by atoms with Gasteiger partial charge in [0.1, 0.15) is 18.5 Å². The lowest BCUT2D eigenvalue weighted by molar-refractivity contribution is -0.155. The van der Waals surface area contributed by atoms with E-state index in [4.69, 9.17) is 10.00 Å². The Bertz CT molecular complexity index is 1220. The average Bonchev–Trinajstić information content (AvgIpc) is 2.86. The molecule has 3 aromatic rings. The number of hydrogen-bond donors (Lipinski definition) is 2. The van der Waals surface area contributed by atoms with Gasteiger partial charge in [-0.05, 0) is 53.6 Å². The first-order valence-corrected chi connectivity index (χ1v) is 10.7. The van der Waals surface area contributed by atoms with E-state index in [2.05, 4.69) is 5.32 Å². The van der Waals surface area contributed by atoms with E-state index in [9.17, 15) is 19.1 Å². The molecule has 1 aliphatic heterocycles. The van der Waals surface area contributed by atoms with Crippen LogP contribution in [0.5, 0.6) is 0 Å². The average molecular weight is 459 g/mol. The predicted octanol–water partition coefficient (Wildman–Crippen LogP) is 3.41. The van der Waals surface area contributed by atoms with E-state index in [0.717, 1.165) is 5.56 Å². The molecule has 0 spiro atoms. The Labute approximate surface area is 196 Å². The van der Waals surface area contributed by atoms with Gasteiger partial charge >= 0.3 is 0 Å². The molecule has 1 heterocycles. The lowest BCUT2D eigenvalue weighted by Crippen LogP contribution is -2.51. The predicted molar refractivity (Wildman–Crippen MR) is 122 cm³/mol. The van der Waals surface area contributed by atoms with Crippen molar-refractivity contribution < 1.29 is 23.8 Å². The first-order chi connectivity index (χ1) is 16.4. The van der Waals surface area contributed by atoms with Crippen molar-refractivity contribution in [2.24, 2.45) is 0 Å². The molecule has 0 saturated carbocycles. The summed E-state index contributed by atoms with van der Waals surface area (Å²) in [5.41, 5.74) is 2.56. The molecule has 1 aliphatic rings. The number of morpholine rings is 1. The lowest BCUT2D eigenvalue weighted by Gasteiger charge is -2.38. The highest BCUT2D eigenvalue weighted by atomic mass is 19.1. The first kappa shape index (κ1) is 23.1. The van der Waals surface area contributed by atoms with Crippen LogP contribution in [0.15, 0.2) is 72.8 Å². The van der Waals surface area contributed by atoms with Gasteiger partial charge in [-0.15, -0.1) is 0 Å². The molecule has 1 fully saturated rings. The minimum Gasteiger partial charge on any atom is -0.386 e. The van der Waals surface area contributed by atoms with Gasteiger partial charge in [0.05, 0.1) is 24.3 Å². The molecule has 172 valence electrons. The van der Waals surface area contributed by atoms with Crippen molar-refractivity contribution in [1.82, 2.24) is 4.90 Å². The highest BCUT2D eigenvalue weighted by Crippen LogP contribution is 2.27. The third-order valence-electron chi connectivity index (χ3n) is 5.63. The van der Waals surface area contributed by atoms with Crippen molar-refractivity contribution in [1.29, 1.82) is 5.26 Å². The molecule has 0 aromatic heterocycles. The normalized spacial score (nSPS) is 16.6. The third kappa shape index (κ3) is 5.29. The van der Waals surface area contributed by atoms with Gasteiger partial charge in [-0.2, -0.15) is 5.26 Å². The SMILES string of the molecule is N#Cc1cccc(C(=O)Nc2ccc([C@@H](O)[C@H]3COCC(=O)N3Cc3ccc(F)cc3)cc2)c1. The maximum absolute atomic E-state index is 13.2. The summed E-state index contributed by atoms with van der Waals surface area (Å²) in [6.07, 6.45) is -1.03. The molecule has 0 unspecified atom stereocenters. The van der Waals surface area contributed by atoms with Gasteiger partial charge in [-0.25, -0.2) is 4.39 Å². The van der Waals surface area contributed by atoms with E-state index in [1.54, 1.807) is 59.5 Å². The zero-order valence-electron chi connectivity index (χ0n) is 18.1. The summed E-state index contributed by atoms with van der Waals surface area (Å²) in [6, 6.07) is 20.3. The molecule has 1 saturated heterocycles. The van der Waals surface area contributed by atoms with Crippen LogP contribution in [0.3, 0.4) is 0 Å². The maximum atomic E-state index is 13.2. The molecule has 0 aliphatic carbocycles. The minimum absolute atomic E-state index is 0.0810. The van der Waals surface area contributed by atoms with Crippen molar-refractivity contribution in [3.05, 3.63) is 101 Å². The van der Waals surface area contributed by atoms with Crippen LogP contribution in [-0.4, -0.2) is 41.1 Å². The second-order valence-corrected chi connectivity index (χ2v) is 7.94. The number of anilines is 1. The summed E-state index contributed by atoms with van der Waals surface area (Å²) in [6.45, 7) is 0.296. The van der Waals surface area contributed by atoms with E-state index in [-0.39, 0.29) is 37.4 Å². The summed E-state index contributed by atoms with van der Waals surface area (Å²) >= 11 is 0. The number of hydrogen-bond acceptors (Lipinski definition) is 5. The molecule has 7 nitrogen and oxygen atoms in total. The fourth-order valence-electron chi connectivity index (χ4n) is 3.80. The van der Waals surface area contributed by atoms with Crippen LogP contribution in [-0.2, 0) is 16.1 Å². The second-order valence-electron chi connectivity index (χ2n) is 7.94. The standard InChI is InChI=1S/C26H22FN3O4/c27-21-8-4-17(5-9-21)14-30-23(15-34-16-24(30)31)25(32)19-6-10-22(11-7-19)29-26(33)20-3-1-2-18(12-20)13-28/h1-12,23,25,32H,14-16H2,(H,29,33)/t23-,25-/m1/s1. The van der Waals surface area contributed by atoms with Crippen LogP contribution < -0.4 is 5.32 Å². The van der Waals surface area contributed by atoms with Crippen molar-refractivity contribution >= 4 is 17.5 Å². The smallest absolute Gasteiger partial charge is 0.255 e. The Hall–Kier alpha value is -4.06. The van der Waals surface area contributed by atoms with Crippen molar-refractivity contribution in [2.75, 3.05) is 18.5 Å². The maximum Gasteiger partial charge on any atom is 0.255 e. The molecule has 3 aromatic carbocycles. The number of carbonyl (C=O) groups is 2. The largest absolute Gasteiger partial charge is 0.386 e. The van der Waals surface area contributed by atoms with Crippen LogP contribution in [0.4, 0.5) is 10.1 Å². The number of benzene rings is 3. The van der Waals surface area contributed by atoms with E-state index in [1.807, 2.05) is 6.07 Å². The fraction of sp³-hybridized carbons (Fsp3) is 0.192. The van der Waals surface area contributed by atoms with Crippen LogP contribution >= 0.6 is 0 Å². The number of halogens is 1. The van der Waals surface area contributed by atoms with E-state index in [0.29, 0.717) is 22.4 Å². The molecule has 2 amide bonds. The van der Waals surface area contributed by atoms with E-state index in [1.165, 1.54) is 18.2 Å². The number of amides is 2. The summed E-state index contributed by atoms with van der Waals surface area (Å²) in [7, 11) is 0. The van der Waals surface area contributed by atoms with Gasteiger partial charge in [0.15, 0.2) is 0 Å². The number of ether oxygens (including phenoxy) is 1. The summed E-state index contributed by atoms with van der Waals surface area (Å²) in [5.74, 6) is -0.983. The molecule has 2 atom stereocenters. The van der Waals surface area contributed by atoms with Gasteiger partial charge < -0.3 is 20.1 Å². The number of nitrogens with one attached hydrogen (secondary N) is 1. The van der Waals surface area contributed by atoms with Crippen LogP contribution in [0.25, 0.3) is 0 Å². The van der Waals surface area contributed by atoms with Crippen molar-refractivity contribution in [2.45, 2.75) is 18.7 Å². The van der Waals surface area contributed by atoms with Gasteiger partial charge in [0.2, 0.25) is 5.91 Å². The van der Waals surface area contributed by atoms with Crippen molar-refractivity contribution in [3.8, 4) is 6.07 Å². The van der Waals surface area contributed by atoms with Crippen molar-refractivity contribution in [3.63, 3.8) is 0 Å². The molecule has 8 heteroatoms. The third-order valence-corrected chi connectivity index (χ3v) is 5.63. The quantitative estimate of drug-likeness (QED) is 0.588. The molecule has 34 heavy (non-hydrogen) atoms. The molecule has 0 bridgehead atoms. The Morgan fingerprint density at radius 2 is 1.91 bits per heavy atom. The number of aliphatic hydroxyl groups excluding tert-OH is 1. The highest BCUT2D eigenvalue weighted by Gasteiger charge is 2.34. The molecule has 2 N–H and O–H groups in total. The Morgan fingerprint density at radius 3 is 2.62 bits per heavy atom. The molecule has 4 rings (SSSR count). The van der Waals surface area contributed by atoms with E-state index < -0.39 is 12.1 Å². The van der Waals surface area contributed by atoms with Crippen LogP contribution in [0.2, 0.25) is 0 Å². The molecule has 0 radical (unpaired) electrons. The first-order valence-electron chi connectivity index (χ1n) is 10.7. The molecular formula is C26H22FN3O4. The number of nitriles is 1. The number of carbonyl (C=O) groups excluding carboxylic acids is 2. The van der Waals surface area contributed by atoms with E-state index >= 15 is 0 Å². The van der Waals surface area contributed by atoms with Gasteiger partial charge in [0, 0.05) is 17.8 Å². The summed E-state index contributed by atoms with van der Waals surface area (Å²) in [4.78, 5) is 26.5. The Morgan fingerprint density at radius 1 is 1.18 bits per heavy atom. The van der Waals surface area contributed by atoms with Gasteiger partial charge in [0.25, 0.3) is 5.91 Å². The van der Waals surface area contributed by atoms with Crippen LogP contribution in [0, 0.1) is 17.1 Å². The Kier molecular flexibility index (Phi) is 6.97. The highest BCUT2D eigenvalue weighted by molar-refractivity contribution is 6.04. The monoisotopic (exact) mass is 459 g/mol. The van der Waals surface area contributed by atoms with Gasteiger partial charge in [-0.1, -0.05) is 30.3 Å². The molecular weight excluding hydrogens is 437 g/mol. The van der Waals surface area contributed by atoms with Gasteiger partial charge in [-0.3, -0.25) is 9.59 Å². The van der Waals surface area contributed by atoms with Crippen LogP contribution in [0.1, 0.15) is 33.2 Å². The number of nitrogens with zero attached hydrogens (tertiary/aromatic N) is 2. The zero-order chi connectivity index (χ0) is 24.1. The Balaban J connectivity index is 1.46. The minimum atomic E-state index is -1.03. The topological polar surface area (TPSA) is 103 Å². The summed E-state index contributed by atoms with van der Waals surface area (Å²) < 4.78 is 18.6. The number of rotatable bonds is 6. The summed E-state index contributed by atoms with van der Waals surface area (Å²) in [5, 5.41) is 22.8. The number of aliphatic hydroxyl groups is 1. The second kappa shape index (κ2) is 10.3. The lowest BCUT2D eigenvalue weighted by atomic mass is 9.99.